The van der Waals surface area contributed by atoms with Crippen LogP contribution in [0.15, 0.2) is 24.3 Å². The zero-order valence-electron chi connectivity index (χ0n) is 13.9. The fourth-order valence-electron chi connectivity index (χ4n) is 2.71. The highest BCUT2D eigenvalue weighted by atomic mass is 16.5. The van der Waals surface area contributed by atoms with Crippen LogP contribution in [0.1, 0.15) is 19.4 Å². The smallest absolute Gasteiger partial charge is 0.0594 e. The molecule has 1 fully saturated rings. The van der Waals surface area contributed by atoms with Crippen LogP contribution in [0, 0.1) is 0 Å². The second kappa shape index (κ2) is 7.25. The summed E-state index contributed by atoms with van der Waals surface area (Å²) in [5.41, 5.74) is 2.75. The van der Waals surface area contributed by atoms with Crippen LogP contribution in [0.2, 0.25) is 0 Å². The van der Waals surface area contributed by atoms with Crippen LogP contribution in [-0.4, -0.2) is 57.4 Å². The molecule has 1 saturated heterocycles. The Balaban J connectivity index is 1.80. The largest absolute Gasteiger partial charge is 0.379 e. The molecule has 4 nitrogen and oxygen atoms in total. The van der Waals surface area contributed by atoms with E-state index in [4.69, 9.17) is 4.74 Å². The van der Waals surface area contributed by atoms with Crippen LogP contribution >= 0.6 is 0 Å². The van der Waals surface area contributed by atoms with E-state index in [9.17, 15) is 0 Å². The van der Waals surface area contributed by atoms with Gasteiger partial charge < -0.3 is 15.0 Å². The first-order valence-corrected chi connectivity index (χ1v) is 7.79. The lowest BCUT2D eigenvalue weighted by Gasteiger charge is -2.41. The Morgan fingerprint density at radius 1 is 1.14 bits per heavy atom. The Labute approximate surface area is 129 Å². The van der Waals surface area contributed by atoms with Gasteiger partial charge in [0, 0.05) is 51.5 Å². The molecule has 1 aliphatic heterocycles. The van der Waals surface area contributed by atoms with E-state index in [2.05, 4.69) is 67.3 Å². The van der Waals surface area contributed by atoms with Crippen molar-refractivity contribution in [3.8, 4) is 0 Å². The third-order valence-electron chi connectivity index (χ3n) is 4.21. The van der Waals surface area contributed by atoms with Crippen molar-refractivity contribution in [3.63, 3.8) is 0 Å². The van der Waals surface area contributed by atoms with Crippen LogP contribution in [0.3, 0.4) is 0 Å². The van der Waals surface area contributed by atoms with Crippen LogP contribution in [0.4, 0.5) is 5.69 Å². The number of anilines is 1. The number of nitrogens with one attached hydrogen (secondary N) is 1. The maximum atomic E-state index is 5.43. The van der Waals surface area contributed by atoms with E-state index in [1.807, 2.05) is 0 Å². The standard InChI is InChI=1S/C17H29N3O/c1-17(2,20-9-11-21-12-10-20)14-18-13-15-5-7-16(8-6-15)19(3)4/h5-8,18H,9-14H2,1-4H3. The molecule has 4 heteroatoms. The number of rotatable bonds is 6. The van der Waals surface area contributed by atoms with Gasteiger partial charge in [0.2, 0.25) is 0 Å². The molecule has 0 atom stereocenters. The maximum Gasteiger partial charge on any atom is 0.0594 e. The van der Waals surface area contributed by atoms with Gasteiger partial charge in [-0.05, 0) is 31.5 Å². The van der Waals surface area contributed by atoms with Crippen molar-refractivity contribution < 1.29 is 4.74 Å². The van der Waals surface area contributed by atoms with Crippen molar-refractivity contribution in [2.75, 3.05) is 51.8 Å². The Morgan fingerprint density at radius 2 is 1.76 bits per heavy atom. The SMILES string of the molecule is CN(C)c1ccc(CNCC(C)(C)N2CCOCC2)cc1. The lowest BCUT2D eigenvalue weighted by molar-refractivity contribution is -0.00966. The van der Waals surface area contributed by atoms with E-state index in [1.54, 1.807) is 0 Å². The van der Waals surface area contributed by atoms with Crippen LogP contribution in [-0.2, 0) is 11.3 Å². The number of ether oxygens (including phenoxy) is 1. The summed E-state index contributed by atoms with van der Waals surface area (Å²) in [7, 11) is 4.14. The molecule has 0 aromatic heterocycles. The van der Waals surface area contributed by atoms with Gasteiger partial charge in [-0.2, -0.15) is 0 Å². The minimum absolute atomic E-state index is 0.174. The highest BCUT2D eigenvalue weighted by molar-refractivity contribution is 5.45. The molecule has 118 valence electrons. The van der Waals surface area contributed by atoms with E-state index in [0.29, 0.717) is 0 Å². The molecule has 1 heterocycles. The van der Waals surface area contributed by atoms with Crippen LogP contribution in [0.5, 0.6) is 0 Å². The molecule has 0 saturated carbocycles. The Bertz CT molecular complexity index is 422. The molecule has 2 rings (SSSR count). The molecule has 0 aliphatic carbocycles. The summed E-state index contributed by atoms with van der Waals surface area (Å²) in [5.74, 6) is 0. The predicted octanol–water partition coefficient (Wildman–Crippen LogP) is 1.95. The number of hydrogen-bond acceptors (Lipinski definition) is 4. The number of nitrogens with zero attached hydrogens (tertiary/aromatic N) is 2. The van der Waals surface area contributed by atoms with Gasteiger partial charge in [-0.25, -0.2) is 0 Å². The van der Waals surface area contributed by atoms with Crippen molar-refractivity contribution >= 4 is 5.69 Å². The van der Waals surface area contributed by atoms with Crippen molar-refractivity contribution in [1.82, 2.24) is 10.2 Å². The normalized spacial score (nSPS) is 17.0. The van der Waals surface area contributed by atoms with Crippen LogP contribution in [0.25, 0.3) is 0 Å². The Hall–Kier alpha value is -1.10. The third kappa shape index (κ3) is 4.70. The molecule has 1 aliphatic rings. The van der Waals surface area contributed by atoms with Crippen LogP contribution < -0.4 is 10.2 Å². The first-order valence-electron chi connectivity index (χ1n) is 7.79. The molecule has 21 heavy (non-hydrogen) atoms. The monoisotopic (exact) mass is 291 g/mol. The first kappa shape index (κ1) is 16.3. The van der Waals surface area contributed by atoms with Gasteiger partial charge in [0.1, 0.15) is 0 Å². The number of hydrogen-bond donors (Lipinski definition) is 1. The molecule has 0 bridgehead atoms. The fourth-order valence-corrected chi connectivity index (χ4v) is 2.71. The fraction of sp³-hybridized carbons (Fsp3) is 0.647. The minimum Gasteiger partial charge on any atom is -0.379 e. The molecular weight excluding hydrogens is 262 g/mol. The topological polar surface area (TPSA) is 27.7 Å². The second-order valence-electron chi connectivity index (χ2n) is 6.58. The van der Waals surface area contributed by atoms with Gasteiger partial charge in [0.15, 0.2) is 0 Å². The van der Waals surface area contributed by atoms with Gasteiger partial charge in [0.25, 0.3) is 0 Å². The van der Waals surface area contributed by atoms with Crippen molar-refractivity contribution in [2.45, 2.75) is 25.9 Å². The van der Waals surface area contributed by atoms with Gasteiger partial charge in [0.05, 0.1) is 13.2 Å². The molecule has 0 unspecified atom stereocenters. The lowest BCUT2D eigenvalue weighted by atomic mass is 10.0. The second-order valence-corrected chi connectivity index (χ2v) is 6.58. The Morgan fingerprint density at radius 3 is 2.33 bits per heavy atom. The lowest BCUT2D eigenvalue weighted by Crippen LogP contribution is -2.54. The summed E-state index contributed by atoms with van der Waals surface area (Å²) in [6, 6.07) is 8.74. The first-order chi connectivity index (χ1) is 9.99. The summed E-state index contributed by atoms with van der Waals surface area (Å²) in [5, 5.41) is 3.59. The van der Waals surface area contributed by atoms with Gasteiger partial charge in [-0.3, -0.25) is 4.90 Å². The Kier molecular flexibility index (Phi) is 5.62. The number of benzene rings is 1. The highest BCUT2D eigenvalue weighted by Gasteiger charge is 2.27. The van der Waals surface area contributed by atoms with Gasteiger partial charge in [-0.1, -0.05) is 12.1 Å². The van der Waals surface area contributed by atoms with E-state index < -0.39 is 0 Å². The molecule has 1 N–H and O–H groups in total. The molecule has 0 spiro atoms. The summed E-state index contributed by atoms with van der Waals surface area (Å²) in [6.45, 7) is 10.3. The molecule has 1 aromatic rings. The van der Waals surface area contributed by atoms with E-state index in [0.717, 1.165) is 39.4 Å². The van der Waals surface area contributed by atoms with Gasteiger partial charge in [-0.15, -0.1) is 0 Å². The van der Waals surface area contributed by atoms with Gasteiger partial charge >= 0.3 is 0 Å². The average Bonchev–Trinajstić information content (AvgIpc) is 2.48. The highest BCUT2D eigenvalue weighted by Crippen LogP contribution is 2.16. The summed E-state index contributed by atoms with van der Waals surface area (Å²) < 4.78 is 5.43. The summed E-state index contributed by atoms with van der Waals surface area (Å²) in [4.78, 5) is 4.64. The van der Waals surface area contributed by atoms with E-state index in [1.165, 1.54) is 11.3 Å². The number of morpholine rings is 1. The molecule has 1 aromatic carbocycles. The average molecular weight is 291 g/mol. The quantitative estimate of drug-likeness (QED) is 0.867. The zero-order chi connectivity index (χ0) is 15.3. The van der Waals surface area contributed by atoms with E-state index in [-0.39, 0.29) is 5.54 Å². The van der Waals surface area contributed by atoms with Crippen molar-refractivity contribution in [2.24, 2.45) is 0 Å². The minimum atomic E-state index is 0.174. The van der Waals surface area contributed by atoms with E-state index >= 15 is 0 Å². The third-order valence-corrected chi connectivity index (χ3v) is 4.21. The predicted molar refractivity (Wildman–Crippen MR) is 88.9 cm³/mol. The summed E-state index contributed by atoms with van der Waals surface area (Å²) >= 11 is 0. The maximum absolute atomic E-state index is 5.43. The zero-order valence-corrected chi connectivity index (χ0v) is 13.9. The van der Waals surface area contributed by atoms with Crippen molar-refractivity contribution in [3.05, 3.63) is 29.8 Å². The molecule has 0 amide bonds. The van der Waals surface area contributed by atoms with Crippen molar-refractivity contribution in [1.29, 1.82) is 0 Å². The molecular formula is C17H29N3O. The summed E-state index contributed by atoms with van der Waals surface area (Å²) in [6.07, 6.45) is 0. The molecule has 0 radical (unpaired) electrons.